The highest BCUT2D eigenvalue weighted by Gasteiger charge is 2.52. The fourth-order valence-electron chi connectivity index (χ4n) is 9.21. The van der Waals surface area contributed by atoms with Crippen LogP contribution in [0.25, 0.3) is 55.8 Å². The molecular formula is C47H39N2O+. The van der Waals surface area contributed by atoms with Gasteiger partial charge in [0, 0.05) is 28.5 Å². The number of nitrogens with one attached hydrogen (secondary N) is 2. The predicted octanol–water partition coefficient (Wildman–Crippen LogP) is 8.82. The van der Waals surface area contributed by atoms with Gasteiger partial charge in [0.1, 0.15) is 22.2 Å². The molecule has 3 aliphatic rings. The van der Waals surface area contributed by atoms with Crippen LogP contribution in [-0.2, 0) is 0 Å². The smallest absolute Gasteiger partial charge is 0.192 e. The molecule has 242 valence electrons. The van der Waals surface area contributed by atoms with Crippen molar-refractivity contribution in [1.29, 1.82) is 0 Å². The van der Waals surface area contributed by atoms with Gasteiger partial charge in [-0.1, -0.05) is 122 Å². The summed E-state index contributed by atoms with van der Waals surface area (Å²) in [5, 5.41) is 11.5. The lowest BCUT2D eigenvalue weighted by molar-refractivity contribution is -0.902. The van der Waals surface area contributed by atoms with Crippen LogP contribution in [0.3, 0.4) is 0 Å². The highest BCUT2D eigenvalue weighted by molar-refractivity contribution is 6.15. The van der Waals surface area contributed by atoms with Gasteiger partial charge in [0.2, 0.25) is 0 Å². The maximum Gasteiger partial charge on any atom is 0.192 e. The van der Waals surface area contributed by atoms with Crippen LogP contribution < -0.4 is 20.9 Å². The van der Waals surface area contributed by atoms with Crippen molar-refractivity contribution in [3.63, 3.8) is 0 Å². The minimum Gasteiger partial charge on any atom is -0.456 e. The SMILES string of the molecule is CC1C=c2c(oc3ccccc23)=CC1c1c2ccccc2c(-c2ccc([NH+]3C(c4ccccc4)NC4=CC=CCC43C)cc2)c2ccccc12. The van der Waals surface area contributed by atoms with Gasteiger partial charge in [0.25, 0.3) is 0 Å². The second-order valence-electron chi connectivity index (χ2n) is 14.5. The van der Waals surface area contributed by atoms with Crippen molar-refractivity contribution >= 4 is 50.4 Å². The molecule has 10 rings (SSSR count). The number of allylic oxidation sites excluding steroid dienone is 2. The first-order chi connectivity index (χ1) is 24.6. The molecule has 2 heterocycles. The summed E-state index contributed by atoms with van der Waals surface area (Å²) in [7, 11) is 0. The van der Waals surface area contributed by atoms with E-state index in [1.54, 1.807) is 0 Å². The average molecular weight is 648 g/mol. The van der Waals surface area contributed by atoms with Crippen LogP contribution in [0.5, 0.6) is 0 Å². The van der Waals surface area contributed by atoms with Crippen LogP contribution in [0.2, 0.25) is 0 Å². The lowest BCUT2D eigenvalue weighted by Crippen LogP contribution is -3.14. The van der Waals surface area contributed by atoms with Gasteiger partial charge < -0.3 is 9.73 Å². The summed E-state index contributed by atoms with van der Waals surface area (Å²) in [6.07, 6.45) is 12.7. The van der Waals surface area contributed by atoms with Crippen molar-refractivity contribution in [2.75, 3.05) is 0 Å². The van der Waals surface area contributed by atoms with Gasteiger partial charge in [0.15, 0.2) is 6.17 Å². The number of hydrogen-bond donors (Lipinski definition) is 2. The number of furan rings is 1. The average Bonchev–Trinajstić information content (AvgIpc) is 3.68. The van der Waals surface area contributed by atoms with Gasteiger partial charge in [0.05, 0.1) is 5.70 Å². The highest BCUT2D eigenvalue weighted by atomic mass is 16.3. The minimum atomic E-state index is -0.0677. The van der Waals surface area contributed by atoms with E-state index in [4.69, 9.17) is 4.42 Å². The molecule has 1 aliphatic heterocycles. The van der Waals surface area contributed by atoms with Gasteiger partial charge in [-0.3, -0.25) is 4.90 Å². The molecule has 6 aromatic carbocycles. The predicted molar refractivity (Wildman–Crippen MR) is 206 cm³/mol. The van der Waals surface area contributed by atoms with Crippen molar-refractivity contribution < 1.29 is 9.32 Å². The molecule has 5 unspecified atom stereocenters. The second-order valence-corrected chi connectivity index (χ2v) is 14.5. The first-order valence-corrected chi connectivity index (χ1v) is 17.9. The number of rotatable bonds is 4. The Bertz CT molecular complexity index is 2590. The number of benzene rings is 6. The van der Waals surface area contributed by atoms with Crippen LogP contribution in [0.15, 0.2) is 156 Å². The quantitative estimate of drug-likeness (QED) is 0.187. The van der Waals surface area contributed by atoms with Crippen molar-refractivity contribution in [1.82, 2.24) is 5.32 Å². The number of para-hydroxylation sites is 1. The van der Waals surface area contributed by atoms with E-state index in [1.165, 1.54) is 70.7 Å². The Kier molecular flexibility index (Phi) is 6.56. The lowest BCUT2D eigenvalue weighted by atomic mass is 9.77. The number of hydrogen-bond acceptors (Lipinski definition) is 2. The maximum atomic E-state index is 6.44. The third-order valence-electron chi connectivity index (χ3n) is 11.6. The molecule has 0 radical (unpaired) electrons. The molecule has 2 N–H and O–H groups in total. The van der Waals surface area contributed by atoms with Crippen LogP contribution >= 0.6 is 0 Å². The molecule has 0 bridgehead atoms. The van der Waals surface area contributed by atoms with Crippen LogP contribution in [0.1, 0.15) is 43.5 Å². The molecule has 5 atom stereocenters. The molecule has 3 nitrogen and oxygen atoms in total. The summed E-state index contributed by atoms with van der Waals surface area (Å²) >= 11 is 0. The molecular weight excluding hydrogens is 609 g/mol. The normalized spacial score (nSPS) is 23.9. The van der Waals surface area contributed by atoms with Gasteiger partial charge in [-0.05, 0) is 93.6 Å². The Hall–Kier alpha value is -5.64. The van der Waals surface area contributed by atoms with Crippen LogP contribution in [0.4, 0.5) is 5.69 Å². The van der Waals surface area contributed by atoms with E-state index in [2.05, 4.69) is 177 Å². The van der Waals surface area contributed by atoms with Crippen LogP contribution in [0, 0.1) is 5.92 Å². The monoisotopic (exact) mass is 647 g/mol. The summed E-state index contributed by atoms with van der Waals surface area (Å²) in [5.41, 5.74) is 9.69. The van der Waals surface area contributed by atoms with E-state index in [0.717, 1.165) is 17.4 Å². The standard InChI is InChI=1S/C47H38N2O/c1-30-28-40-34-16-10-11-21-41(34)50-42(40)29-39(30)45-37-19-8-6-17-35(37)44(36-18-7-9-20-38(36)45)31-23-25-33(26-24-31)49-46(32-14-4-3-5-15-32)48-43-22-12-13-27-47(43,49)2/h3-26,28-30,39,46,48H,27H2,1-2H3/p+1. The third-order valence-corrected chi connectivity index (χ3v) is 11.6. The molecule has 2 aliphatic carbocycles. The molecule has 1 saturated heterocycles. The molecule has 7 aromatic rings. The molecule has 50 heavy (non-hydrogen) atoms. The van der Waals surface area contributed by atoms with Gasteiger partial charge in [-0.15, -0.1) is 0 Å². The fraction of sp³-hybridized carbons (Fsp3) is 0.149. The summed E-state index contributed by atoms with van der Waals surface area (Å²) in [6, 6.07) is 46.7. The Labute approximate surface area is 292 Å². The Morgan fingerprint density at radius 3 is 2.06 bits per heavy atom. The van der Waals surface area contributed by atoms with Crippen molar-refractivity contribution in [2.45, 2.75) is 37.9 Å². The van der Waals surface area contributed by atoms with Crippen molar-refractivity contribution in [3.8, 4) is 11.1 Å². The lowest BCUT2D eigenvalue weighted by Gasteiger charge is -2.34. The topological polar surface area (TPSA) is 29.6 Å². The second kappa shape index (κ2) is 11.2. The third kappa shape index (κ3) is 4.33. The van der Waals surface area contributed by atoms with E-state index >= 15 is 0 Å². The molecule has 1 aromatic heterocycles. The first-order valence-electron chi connectivity index (χ1n) is 17.9. The zero-order valence-electron chi connectivity index (χ0n) is 28.4. The zero-order valence-corrected chi connectivity index (χ0v) is 28.4. The minimum absolute atomic E-state index is 0.0677. The maximum absolute atomic E-state index is 6.44. The van der Waals surface area contributed by atoms with E-state index in [-0.39, 0.29) is 17.6 Å². The Balaban J connectivity index is 1.13. The molecule has 0 saturated carbocycles. The van der Waals surface area contributed by atoms with E-state index in [9.17, 15) is 0 Å². The summed E-state index contributed by atoms with van der Waals surface area (Å²) in [6.45, 7) is 4.75. The molecule has 3 heteroatoms. The zero-order chi connectivity index (χ0) is 33.4. The largest absolute Gasteiger partial charge is 0.456 e. The summed E-state index contributed by atoms with van der Waals surface area (Å²) in [4.78, 5) is 1.44. The van der Waals surface area contributed by atoms with E-state index < -0.39 is 0 Å². The highest BCUT2D eigenvalue weighted by Crippen LogP contribution is 2.45. The summed E-state index contributed by atoms with van der Waals surface area (Å²) in [5.74, 6) is 0.494. The van der Waals surface area contributed by atoms with Crippen molar-refractivity contribution in [3.05, 3.63) is 173 Å². The van der Waals surface area contributed by atoms with Gasteiger partial charge in [-0.25, -0.2) is 0 Å². The number of quaternary nitrogens is 1. The molecule has 0 spiro atoms. The first kappa shape index (κ1) is 29.3. The molecule has 0 amide bonds. The van der Waals surface area contributed by atoms with E-state index in [1.807, 2.05) is 0 Å². The summed E-state index contributed by atoms with van der Waals surface area (Å²) < 4.78 is 6.44. The van der Waals surface area contributed by atoms with E-state index in [0.29, 0.717) is 5.92 Å². The Morgan fingerprint density at radius 2 is 1.34 bits per heavy atom. The molecule has 1 fully saturated rings. The number of fused-ring (bicyclic) bond motifs is 6. The Morgan fingerprint density at radius 1 is 0.700 bits per heavy atom. The van der Waals surface area contributed by atoms with Crippen molar-refractivity contribution in [2.24, 2.45) is 5.92 Å². The van der Waals surface area contributed by atoms with Crippen LogP contribution in [-0.4, -0.2) is 5.54 Å². The fourth-order valence-corrected chi connectivity index (χ4v) is 9.21. The van der Waals surface area contributed by atoms with Gasteiger partial charge in [-0.2, -0.15) is 0 Å². The van der Waals surface area contributed by atoms with Gasteiger partial charge >= 0.3 is 0 Å².